The van der Waals surface area contributed by atoms with Gasteiger partial charge in [0.15, 0.2) is 5.11 Å². The first-order valence-electron chi connectivity index (χ1n) is 11.6. The molecule has 5 aromatic rings. The van der Waals surface area contributed by atoms with Crippen LogP contribution in [0.25, 0.3) is 27.8 Å². The molecule has 1 aliphatic rings. The molecule has 1 fully saturated rings. The van der Waals surface area contributed by atoms with Crippen molar-refractivity contribution in [1.82, 2.24) is 9.88 Å². The Bertz CT molecular complexity index is 1700. The average molecular weight is 488 g/mol. The fourth-order valence-corrected chi connectivity index (χ4v) is 5.01. The van der Waals surface area contributed by atoms with Gasteiger partial charge in [-0.25, -0.2) is 0 Å². The second-order valence-electron chi connectivity index (χ2n) is 8.67. The van der Waals surface area contributed by atoms with Crippen LogP contribution in [0.15, 0.2) is 109 Å². The third-order valence-corrected chi connectivity index (χ3v) is 6.71. The zero-order valence-corrected chi connectivity index (χ0v) is 20.0. The number of hydrogen-bond donors (Lipinski definition) is 1. The first kappa shape index (κ1) is 21.9. The van der Waals surface area contributed by atoms with E-state index in [2.05, 4.69) is 22.0 Å². The number of rotatable bonds is 4. The molecule has 5 nitrogen and oxygen atoms in total. The normalized spacial score (nSPS) is 15.2. The van der Waals surface area contributed by atoms with E-state index in [-0.39, 0.29) is 10.7 Å². The lowest BCUT2D eigenvalue weighted by Gasteiger charge is -2.29. The summed E-state index contributed by atoms with van der Waals surface area (Å²) in [6.45, 7) is 0.677. The molecular weight excluding hydrogens is 466 g/mol. The molecule has 6 heteroatoms. The van der Waals surface area contributed by atoms with Crippen molar-refractivity contribution >= 4 is 62.6 Å². The number of carbonyl (C=O) groups excluding carboxylic acids is 2. The van der Waals surface area contributed by atoms with Crippen molar-refractivity contribution in [1.29, 1.82) is 0 Å². The number of thiocarbonyl (C=S) groups is 1. The van der Waals surface area contributed by atoms with Gasteiger partial charge in [-0.05, 0) is 41.4 Å². The van der Waals surface area contributed by atoms with Gasteiger partial charge in [-0.15, -0.1) is 0 Å². The Morgan fingerprint density at radius 1 is 0.778 bits per heavy atom. The molecule has 0 aliphatic carbocycles. The first-order valence-corrected chi connectivity index (χ1v) is 12.0. The maximum atomic E-state index is 13.7. The molecule has 174 valence electrons. The van der Waals surface area contributed by atoms with Gasteiger partial charge in [-0.3, -0.25) is 19.8 Å². The number of nitrogens with one attached hydrogen (secondary N) is 1. The first-order chi connectivity index (χ1) is 17.6. The topological polar surface area (TPSA) is 54.3 Å². The molecule has 0 atom stereocenters. The van der Waals surface area contributed by atoms with E-state index in [0.717, 1.165) is 32.8 Å². The van der Waals surface area contributed by atoms with Crippen LogP contribution < -0.4 is 10.2 Å². The summed E-state index contributed by atoms with van der Waals surface area (Å²) in [5.74, 6) is -0.943. The molecule has 4 aromatic carbocycles. The molecular formula is C30H21N3O2S. The number of aromatic nitrogens is 1. The fraction of sp³-hybridized carbons (Fsp3) is 0.0333. The van der Waals surface area contributed by atoms with Crippen LogP contribution >= 0.6 is 12.2 Å². The van der Waals surface area contributed by atoms with Crippen molar-refractivity contribution in [2.75, 3.05) is 4.90 Å². The monoisotopic (exact) mass is 487 g/mol. The van der Waals surface area contributed by atoms with Crippen LogP contribution in [0.1, 0.15) is 11.1 Å². The molecule has 1 aliphatic heterocycles. The largest absolute Gasteiger partial charge is 0.342 e. The zero-order chi connectivity index (χ0) is 24.6. The van der Waals surface area contributed by atoms with Gasteiger partial charge in [0, 0.05) is 34.6 Å². The van der Waals surface area contributed by atoms with Crippen LogP contribution in [0.4, 0.5) is 5.69 Å². The Kier molecular flexibility index (Phi) is 5.43. The Labute approximate surface area is 213 Å². The van der Waals surface area contributed by atoms with Crippen LogP contribution in [0.2, 0.25) is 0 Å². The quantitative estimate of drug-likeness (QED) is 0.202. The average Bonchev–Trinajstić information content (AvgIpc) is 3.24. The van der Waals surface area contributed by atoms with Gasteiger partial charge in [0.25, 0.3) is 11.8 Å². The molecule has 0 spiro atoms. The van der Waals surface area contributed by atoms with Gasteiger partial charge in [0.05, 0.1) is 5.69 Å². The van der Waals surface area contributed by atoms with E-state index in [1.165, 1.54) is 4.90 Å². The van der Waals surface area contributed by atoms with Gasteiger partial charge in [-0.2, -0.15) is 0 Å². The molecule has 36 heavy (non-hydrogen) atoms. The number of fused-ring (bicyclic) bond motifs is 2. The minimum Gasteiger partial charge on any atom is -0.342 e. The second kappa shape index (κ2) is 8.91. The van der Waals surface area contributed by atoms with E-state index in [9.17, 15) is 9.59 Å². The highest BCUT2D eigenvalue weighted by atomic mass is 32.1. The minimum absolute atomic E-state index is 0.0409. The number of nitrogens with zero attached hydrogens (tertiary/aromatic N) is 2. The maximum Gasteiger partial charge on any atom is 0.270 e. The van der Waals surface area contributed by atoms with Crippen molar-refractivity contribution < 1.29 is 9.59 Å². The van der Waals surface area contributed by atoms with Crippen LogP contribution in [0.3, 0.4) is 0 Å². The highest BCUT2D eigenvalue weighted by molar-refractivity contribution is 7.80. The summed E-state index contributed by atoms with van der Waals surface area (Å²) in [7, 11) is 0. The van der Waals surface area contributed by atoms with E-state index >= 15 is 0 Å². The molecule has 0 radical (unpaired) electrons. The van der Waals surface area contributed by atoms with E-state index in [0.29, 0.717) is 12.2 Å². The lowest BCUT2D eigenvalue weighted by atomic mass is 10.0. The van der Waals surface area contributed by atoms with E-state index in [4.69, 9.17) is 12.2 Å². The Balaban J connectivity index is 1.45. The lowest BCUT2D eigenvalue weighted by Crippen LogP contribution is -2.54. The van der Waals surface area contributed by atoms with Gasteiger partial charge >= 0.3 is 0 Å². The van der Waals surface area contributed by atoms with Gasteiger partial charge < -0.3 is 4.57 Å². The third kappa shape index (κ3) is 3.78. The van der Waals surface area contributed by atoms with Gasteiger partial charge in [0.2, 0.25) is 0 Å². The fourth-order valence-electron chi connectivity index (χ4n) is 4.74. The summed E-state index contributed by atoms with van der Waals surface area (Å²) >= 11 is 5.44. The van der Waals surface area contributed by atoms with Crippen molar-refractivity contribution in [3.63, 3.8) is 0 Å². The van der Waals surface area contributed by atoms with Crippen LogP contribution in [0, 0.1) is 0 Å². The predicted octanol–water partition coefficient (Wildman–Crippen LogP) is 5.67. The molecule has 1 aromatic heterocycles. The smallest absolute Gasteiger partial charge is 0.270 e. The lowest BCUT2D eigenvalue weighted by molar-refractivity contribution is -0.122. The second-order valence-corrected chi connectivity index (χ2v) is 9.06. The summed E-state index contributed by atoms with van der Waals surface area (Å²) in [4.78, 5) is 28.1. The van der Waals surface area contributed by atoms with Crippen LogP contribution in [-0.2, 0) is 16.1 Å². The molecule has 0 unspecified atom stereocenters. The summed E-state index contributed by atoms with van der Waals surface area (Å²) in [6.07, 6.45) is 3.65. The number of para-hydroxylation sites is 1. The highest BCUT2D eigenvalue weighted by Gasteiger charge is 2.35. The van der Waals surface area contributed by atoms with Crippen LogP contribution in [-0.4, -0.2) is 21.5 Å². The minimum atomic E-state index is -0.499. The van der Waals surface area contributed by atoms with E-state index in [1.807, 2.05) is 91.1 Å². The van der Waals surface area contributed by atoms with Crippen LogP contribution in [0.5, 0.6) is 0 Å². The molecule has 2 amide bonds. The molecule has 0 saturated carbocycles. The number of benzene rings is 4. The zero-order valence-electron chi connectivity index (χ0n) is 19.2. The Morgan fingerprint density at radius 2 is 1.47 bits per heavy atom. The molecule has 2 heterocycles. The summed E-state index contributed by atoms with van der Waals surface area (Å²) in [5, 5.41) is 5.61. The van der Waals surface area contributed by atoms with Crippen molar-refractivity contribution in [3.8, 4) is 0 Å². The van der Waals surface area contributed by atoms with Crippen molar-refractivity contribution in [2.45, 2.75) is 6.54 Å². The predicted molar refractivity (Wildman–Crippen MR) is 148 cm³/mol. The Hall–Kier alpha value is -4.55. The standard InChI is InChI=1S/C30H21N3O2S/c34-28-25(29(35)33(30(36)31-28)27-16-8-12-21-11-4-5-13-23(21)27)17-22-19-32(18-20-9-2-1-3-10-20)26-15-7-6-14-24(22)26/h1-17,19H,18H2,(H,31,34,36)/b25-17-. The van der Waals surface area contributed by atoms with Gasteiger partial charge in [-0.1, -0.05) is 84.9 Å². The summed E-state index contributed by atoms with van der Waals surface area (Å²) in [6, 6.07) is 31.6. The molecule has 6 rings (SSSR count). The SMILES string of the molecule is O=C1NC(=S)N(c2cccc3ccccc23)C(=O)/C1=C\c1cn(Cc2ccccc2)c2ccccc12. The van der Waals surface area contributed by atoms with Crippen molar-refractivity contribution in [3.05, 3.63) is 120 Å². The molecule has 0 bridgehead atoms. The Morgan fingerprint density at radius 3 is 2.31 bits per heavy atom. The van der Waals surface area contributed by atoms with Gasteiger partial charge in [0.1, 0.15) is 5.57 Å². The molecule has 1 saturated heterocycles. The molecule has 1 N–H and O–H groups in total. The maximum absolute atomic E-state index is 13.7. The number of hydrogen-bond acceptors (Lipinski definition) is 3. The number of anilines is 1. The third-order valence-electron chi connectivity index (χ3n) is 6.42. The summed E-state index contributed by atoms with van der Waals surface area (Å²) in [5.41, 5.74) is 3.67. The summed E-state index contributed by atoms with van der Waals surface area (Å²) < 4.78 is 2.13. The van der Waals surface area contributed by atoms with E-state index in [1.54, 1.807) is 6.08 Å². The number of amides is 2. The highest BCUT2D eigenvalue weighted by Crippen LogP contribution is 2.31. The van der Waals surface area contributed by atoms with E-state index < -0.39 is 11.8 Å². The number of carbonyl (C=O) groups is 2. The van der Waals surface area contributed by atoms with Crippen molar-refractivity contribution in [2.24, 2.45) is 0 Å².